The Bertz CT molecular complexity index is 1110. The molecule has 1 amide bonds. The Hall–Kier alpha value is -2.42. The molecule has 37 heavy (non-hydrogen) atoms. The number of aryl methyl sites for hydroxylation is 1. The van der Waals surface area contributed by atoms with Crippen molar-refractivity contribution in [3.63, 3.8) is 0 Å². The average Bonchev–Trinajstić information content (AvgIpc) is 3.17. The van der Waals surface area contributed by atoms with Crippen LogP contribution in [0.3, 0.4) is 0 Å². The van der Waals surface area contributed by atoms with Gasteiger partial charge in [0.25, 0.3) is 0 Å². The normalized spacial score (nSPS) is 23.8. The summed E-state index contributed by atoms with van der Waals surface area (Å²) in [6.45, 7) is 10.9. The molecule has 2 heterocycles. The second kappa shape index (κ2) is 11.5. The number of carbonyl (C=O) groups is 2. The minimum atomic E-state index is -0.687. The molecule has 1 aliphatic heterocycles. The first kappa shape index (κ1) is 27.6. The molecule has 0 spiro atoms. The van der Waals surface area contributed by atoms with E-state index in [9.17, 15) is 14.7 Å². The van der Waals surface area contributed by atoms with Crippen LogP contribution < -0.4 is 10.2 Å². The van der Waals surface area contributed by atoms with Gasteiger partial charge in [0.2, 0.25) is 5.91 Å². The molecule has 1 saturated carbocycles. The summed E-state index contributed by atoms with van der Waals surface area (Å²) in [6.07, 6.45) is 4.59. The fourth-order valence-corrected chi connectivity index (χ4v) is 7.31. The number of aliphatic hydroxyl groups is 1. The standard InChI is InChI=1S/C29H41N3O4S/c1-6-31(7-2)22-13-11-21(12-14-22)26-23-10-8-9-15-29(23,35)16-17-32(26)18-24(33)30-27-25(28(34)36-5)19(3)20(4)37-27/h11-14,23,26,35H,6-10,15-18H2,1-5H3,(H,30,33)/t23-,26+,29-/m0/s1. The minimum Gasteiger partial charge on any atom is -0.465 e. The number of anilines is 2. The lowest BCUT2D eigenvalue weighted by molar-refractivity contribution is -0.135. The van der Waals surface area contributed by atoms with Gasteiger partial charge in [-0.1, -0.05) is 25.0 Å². The topological polar surface area (TPSA) is 82.1 Å². The van der Waals surface area contributed by atoms with E-state index in [1.165, 1.54) is 24.1 Å². The van der Waals surface area contributed by atoms with E-state index in [2.05, 4.69) is 53.2 Å². The third-order valence-electron chi connectivity index (χ3n) is 8.41. The molecule has 2 N–H and O–H groups in total. The van der Waals surface area contributed by atoms with E-state index in [-0.39, 0.29) is 24.4 Å². The van der Waals surface area contributed by atoms with Gasteiger partial charge in [0.1, 0.15) is 5.00 Å². The van der Waals surface area contributed by atoms with Gasteiger partial charge in [-0.15, -0.1) is 11.3 Å². The van der Waals surface area contributed by atoms with E-state index in [1.807, 2.05) is 13.8 Å². The summed E-state index contributed by atoms with van der Waals surface area (Å²) >= 11 is 1.40. The zero-order valence-corrected chi connectivity index (χ0v) is 23.6. The first-order valence-corrected chi connectivity index (χ1v) is 14.3. The maximum Gasteiger partial charge on any atom is 0.341 e. The van der Waals surface area contributed by atoms with Crippen LogP contribution in [0.2, 0.25) is 0 Å². The van der Waals surface area contributed by atoms with Gasteiger partial charge in [-0.2, -0.15) is 0 Å². The van der Waals surface area contributed by atoms with Gasteiger partial charge in [-0.3, -0.25) is 9.69 Å². The van der Waals surface area contributed by atoms with Gasteiger partial charge in [-0.25, -0.2) is 4.79 Å². The smallest absolute Gasteiger partial charge is 0.341 e. The zero-order chi connectivity index (χ0) is 26.7. The van der Waals surface area contributed by atoms with Crippen molar-refractivity contribution in [2.75, 3.05) is 43.5 Å². The van der Waals surface area contributed by atoms with Crippen molar-refractivity contribution in [2.45, 2.75) is 71.4 Å². The molecule has 8 heteroatoms. The summed E-state index contributed by atoms with van der Waals surface area (Å²) in [7, 11) is 1.36. The van der Waals surface area contributed by atoms with Crippen LogP contribution in [0.25, 0.3) is 0 Å². The Morgan fingerprint density at radius 3 is 2.51 bits per heavy atom. The third-order valence-corrected chi connectivity index (χ3v) is 9.53. The number of carbonyl (C=O) groups excluding carboxylic acids is 2. The Kier molecular flexibility index (Phi) is 8.61. The first-order chi connectivity index (χ1) is 17.7. The van der Waals surface area contributed by atoms with E-state index >= 15 is 0 Å². The summed E-state index contributed by atoms with van der Waals surface area (Å²) in [5, 5.41) is 15.1. The molecule has 1 aliphatic carbocycles. The third kappa shape index (κ3) is 5.56. The Labute approximate surface area is 224 Å². The predicted molar refractivity (Wildman–Crippen MR) is 150 cm³/mol. The molecule has 2 aromatic rings. The quantitative estimate of drug-likeness (QED) is 0.453. The monoisotopic (exact) mass is 527 g/mol. The number of nitrogens with one attached hydrogen (secondary N) is 1. The molecule has 2 aliphatic rings. The first-order valence-electron chi connectivity index (χ1n) is 13.5. The molecule has 0 bridgehead atoms. The van der Waals surface area contributed by atoms with Crippen molar-refractivity contribution >= 4 is 33.9 Å². The molecule has 2 fully saturated rings. The molecule has 0 unspecified atom stereocenters. The number of esters is 1. The van der Waals surface area contributed by atoms with Crippen LogP contribution in [-0.2, 0) is 9.53 Å². The number of benzene rings is 1. The van der Waals surface area contributed by atoms with Gasteiger partial charge in [0, 0.05) is 42.2 Å². The number of methoxy groups -OCH3 is 1. The zero-order valence-electron chi connectivity index (χ0n) is 22.8. The van der Waals surface area contributed by atoms with E-state index in [4.69, 9.17) is 4.74 Å². The molecule has 3 atom stereocenters. The predicted octanol–water partition coefficient (Wildman–Crippen LogP) is 5.30. The van der Waals surface area contributed by atoms with E-state index in [1.54, 1.807) is 0 Å². The second-order valence-corrected chi connectivity index (χ2v) is 11.6. The molecular formula is C29H41N3O4S. The Morgan fingerprint density at radius 1 is 1.16 bits per heavy atom. The Balaban J connectivity index is 1.60. The van der Waals surface area contributed by atoms with Crippen LogP contribution in [0.4, 0.5) is 10.7 Å². The molecule has 4 rings (SSSR count). The second-order valence-electron chi connectivity index (χ2n) is 10.4. The molecule has 202 valence electrons. The van der Waals surface area contributed by atoms with Crippen molar-refractivity contribution in [1.82, 2.24) is 4.90 Å². The van der Waals surface area contributed by atoms with Gasteiger partial charge in [0.05, 0.1) is 24.8 Å². The average molecular weight is 528 g/mol. The van der Waals surface area contributed by atoms with E-state index < -0.39 is 11.6 Å². The Morgan fingerprint density at radius 2 is 1.86 bits per heavy atom. The maximum absolute atomic E-state index is 13.3. The maximum atomic E-state index is 13.3. The molecule has 1 aromatic heterocycles. The lowest BCUT2D eigenvalue weighted by Gasteiger charge is -2.52. The van der Waals surface area contributed by atoms with Crippen molar-refractivity contribution < 1.29 is 19.4 Å². The highest BCUT2D eigenvalue weighted by atomic mass is 32.1. The van der Waals surface area contributed by atoms with Crippen molar-refractivity contribution in [3.8, 4) is 0 Å². The summed E-state index contributed by atoms with van der Waals surface area (Å²) in [5.74, 6) is -0.509. The van der Waals surface area contributed by atoms with E-state index in [0.717, 1.165) is 54.8 Å². The number of hydrogen-bond donors (Lipinski definition) is 2. The fraction of sp³-hybridized carbons (Fsp3) is 0.586. The van der Waals surface area contributed by atoms with Gasteiger partial charge in [0.15, 0.2) is 0 Å². The number of hydrogen-bond acceptors (Lipinski definition) is 7. The number of piperidine rings is 1. The number of fused-ring (bicyclic) bond motifs is 1. The number of amides is 1. The molecule has 1 saturated heterocycles. The molecular weight excluding hydrogens is 486 g/mol. The van der Waals surface area contributed by atoms with Crippen molar-refractivity contribution in [3.05, 3.63) is 45.8 Å². The minimum absolute atomic E-state index is 0.0394. The summed E-state index contributed by atoms with van der Waals surface area (Å²) in [6, 6.07) is 8.63. The number of ether oxygens (including phenoxy) is 1. The van der Waals surface area contributed by atoms with Gasteiger partial charge in [-0.05, 0) is 70.2 Å². The highest BCUT2D eigenvalue weighted by Crippen LogP contribution is 2.49. The van der Waals surface area contributed by atoms with Crippen LogP contribution in [0.1, 0.15) is 78.4 Å². The van der Waals surface area contributed by atoms with Crippen LogP contribution in [0.15, 0.2) is 24.3 Å². The lowest BCUT2D eigenvalue weighted by atomic mass is 9.66. The number of rotatable bonds is 8. The van der Waals surface area contributed by atoms with E-state index in [0.29, 0.717) is 23.5 Å². The van der Waals surface area contributed by atoms with Crippen LogP contribution in [0, 0.1) is 19.8 Å². The fourth-order valence-electron chi connectivity index (χ4n) is 6.25. The van der Waals surface area contributed by atoms with Crippen LogP contribution in [-0.4, -0.2) is 60.8 Å². The van der Waals surface area contributed by atoms with Crippen LogP contribution in [0.5, 0.6) is 0 Å². The largest absolute Gasteiger partial charge is 0.465 e. The number of thiophene rings is 1. The van der Waals surface area contributed by atoms with Crippen molar-refractivity contribution in [1.29, 1.82) is 0 Å². The summed E-state index contributed by atoms with van der Waals surface area (Å²) < 4.78 is 4.97. The van der Waals surface area contributed by atoms with Crippen molar-refractivity contribution in [2.24, 2.45) is 5.92 Å². The number of nitrogens with zero attached hydrogens (tertiary/aromatic N) is 2. The highest BCUT2D eigenvalue weighted by Gasteiger charge is 2.49. The lowest BCUT2D eigenvalue weighted by Crippen LogP contribution is -2.56. The molecule has 0 radical (unpaired) electrons. The highest BCUT2D eigenvalue weighted by molar-refractivity contribution is 7.16. The van der Waals surface area contributed by atoms with Crippen LogP contribution >= 0.6 is 11.3 Å². The SMILES string of the molecule is CCN(CC)c1ccc([C@@H]2[C@@H]3CCCC[C@]3(O)CCN2CC(=O)Nc2sc(C)c(C)c2C(=O)OC)cc1. The van der Waals surface area contributed by atoms with Gasteiger partial charge < -0.3 is 20.1 Å². The molecule has 1 aromatic carbocycles. The molecule has 7 nitrogen and oxygen atoms in total. The number of likely N-dealkylation sites (tertiary alicyclic amines) is 1. The summed E-state index contributed by atoms with van der Waals surface area (Å²) in [4.78, 5) is 31.2. The summed E-state index contributed by atoms with van der Waals surface area (Å²) in [5.41, 5.74) is 2.91. The van der Waals surface area contributed by atoms with Gasteiger partial charge >= 0.3 is 5.97 Å².